The van der Waals surface area contributed by atoms with Crippen LogP contribution >= 0.6 is 0 Å². The standard InChI is InChI=1S/C21H25N3O5S/c1-29-19-10-4-3-9-18(19)22-21(26)24-12-6-11-23(13-14-24)20(25)16-7-5-8-17(15-16)30(2,27)28/h3-5,7-10,15H,6,11-14H2,1-2H3,(H,22,26). The minimum Gasteiger partial charge on any atom is -0.495 e. The molecule has 30 heavy (non-hydrogen) atoms. The number of amides is 3. The molecule has 0 aromatic heterocycles. The summed E-state index contributed by atoms with van der Waals surface area (Å²) in [5.41, 5.74) is 0.907. The zero-order chi connectivity index (χ0) is 21.7. The molecule has 1 aliphatic heterocycles. The number of anilines is 1. The number of hydrogen-bond donors (Lipinski definition) is 1. The van der Waals surface area contributed by atoms with Gasteiger partial charge in [-0.15, -0.1) is 0 Å². The van der Waals surface area contributed by atoms with Crippen molar-refractivity contribution in [3.63, 3.8) is 0 Å². The van der Waals surface area contributed by atoms with Gasteiger partial charge in [0.1, 0.15) is 5.75 Å². The van der Waals surface area contributed by atoms with E-state index < -0.39 is 9.84 Å². The lowest BCUT2D eigenvalue weighted by atomic mass is 10.2. The molecule has 160 valence electrons. The summed E-state index contributed by atoms with van der Waals surface area (Å²) in [7, 11) is -1.85. The Kier molecular flexibility index (Phi) is 6.61. The molecule has 1 N–H and O–H groups in total. The van der Waals surface area contributed by atoms with E-state index in [1.807, 2.05) is 12.1 Å². The molecular weight excluding hydrogens is 406 g/mol. The predicted molar refractivity (Wildman–Crippen MR) is 114 cm³/mol. The number of nitrogens with one attached hydrogen (secondary N) is 1. The molecule has 0 aliphatic carbocycles. The Morgan fingerprint density at radius 3 is 2.40 bits per heavy atom. The van der Waals surface area contributed by atoms with Gasteiger partial charge in [-0.2, -0.15) is 0 Å². The highest BCUT2D eigenvalue weighted by Crippen LogP contribution is 2.23. The third-order valence-corrected chi connectivity index (χ3v) is 6.04. The summed E-state index contributed by atoms with van der Waals surface area (Å²) in [5.74, 6) is 0.329. The first kappa shape index (κ1) is 21.6. The van der Waals surface area contributed by atoms with E-state index >= 15 is 0 Å². The maximum atomic E-state index is 12.9. The largest absolute Gasteiger partial charge is 0.495 e. The van der Waals surface area contributed by atoms with Crippen LogP contribution in [0.1, 0.15) is 16.8 Å². The first-order chi connectivity index (χ1) is 14.3. The summed E-state index contributed by atoms with van der Waals surface area (Å²) in [5, 5.41) is 2.85. The first-order valence-electron chi connectivity index (χ1n) is 9.58. The molecule has 1 aliphatic rings. The molecule has 0 atom stereocenters. The van der Waals surface area contributed by atoms with Crippen LogP contribution < -0.4 is 10.1 Å². The Morgan fingerprint density at radius 1 is 0.967 bits per heavy atom. The fourth-order valence-corrected chi connectivity index (χ4v) is 3.97. The molecule has 3 amide bonds. The summed E-state index contributed by atoms with van der Waals surface area (Å²) in [4.78, 5) is 29.0. The summed E-state index contributed by atoms with van der Waals surface area (Å²) < 4.78 is 28.8. The Balaban J connectivity index is 1.66. The Bertz CT molecular complexity index is 1040. The van der Waals surface area contributed by atoms with Crippen LogP contribution in [0.4, 0.5) is 10.5 Å². The van der Waals surface area contributed by atoms with Gasteiger partial charge in [0.15, 0.2) is 9.84 Å². The van der Waals surface area contributed by atoms with E-state index in [4.69, 9.17) is 4.74 Å². The highest BCUT2D eigenvalue weighted by molar-refractivity contribution is 7.90. The first-order valence-corrected chi connectivity index (χ1v) is 11.5. The molecule has 1 fully saturated rings. The predicted octanol–water partition coefficient (Wildman–Crippen LogP) is 2.48. The van der Waals surface area contributed by atoms with E-state index in [1.165, 1.54) is 12.1 Å². The molecule has 8 nitrogen and oxygen atoms in total. The number of hydrogen-bond acceptors (Lipinski definition) is 5. The van der Waals surface area contributed by atoms with E-state index in [0.717, 1.165) is 6.26 Å². The molecule has 0 spiro atoms. The minimum atomic E-state index is -3.39. The van der Waals surface area contributed by atoms with Gasteiger partial charge < -0.3 is 19.9 Å². The maximum absolute atomic E-state index is 12.9. The monoisotopic (exact) mass is 431 g/mol. The number of sulfone groups is 1. The van der Waals surface area contributed by atoms with Gasteiger partial charge in [-0.05, 0) is 36.8 Å². The molecular formula is C21H25N3O5S. The second kappa shape index (κ2) is 9.17. The van der Waals surface area contributed by atoms with Gasteiger partial charge in [0, 0.05) is 38.0 Å². The van der Waals surface area contributed by atoms with E-state index in [0.29, 0.717) is 49.6 Å². The topological polar surface area (TPSA) is 96.0 Å². The van der Waals surface area contributed by atoms with Crippen LogP contribution in [0.15, 0.2) is 53.4 Å². The highest BCUT2D eigenvalue weighted by atomic mass is 32.2. The number of methoxy groups -OCH3 is 1. The van der Waals surface area contributed by atoms with Crippen LogP contribution in [0, 0.1) is 0 Å². The van der Waals surface area contributed by atoms with Crippen LogP contribution in [0.5, 0.6) is 5.75 Å². The fourth-order valence-electron chi connectivity index (χ4n) is 3.31. The normalized spacial score (nSPS) is 14.7. The van der Waals surface area contributed by atoms with E-state index in [-0.39, 0.29) is 16.8 Å². The second-order valence-corrected chi connectivity index (χ2v) is 9.08. The van der Waals surface area contributed by atoms with Crippen molar-refractivity contribution in [1.82, 2.24) is 9.80 Å². The number of rotatable bonds is 4. The van der Waals surface area contributed by atoms with Crippen LogP contribution in [-0.2, 0) is 9.84 Å². The summed E-state index contributed by atoms with van der Waals surface area (Å²) in [6.07, 6.45) is 1.73. The van der Waals surface area contributed by atoms with Crippen molar-refractivity contribution in [2.75, 3.05) is 44.9 Å². The van der Waals surface area contributed by atoms with Crippen molar-refractivity contribution in [3.05, 3.63) is 54.1 Å². The molecule has 3 rings (SSSR count). The lowest BCUT2D eigenvalue weighted by Crippen LogP contribution is -2.39. The van der Waals surface area contributed by atoms with Crippen molar-refractivity contribution in [2.45, 2.75) is 11.3 Å². The van der Waals surface area contributed by atoms with Gasteiger partial charge >= 0.3 is 6.03 Å². The van der Waals surface area contributed by atoms with Gasteiger partial charge in [-0.3, -0.25) is 4.79 Å². The van der Waals surface area contributed by atoms with Crippen LogP contribution in [-0.4, -0.2) is 69.7 Å². The Morgan fingerprint density at radius 2 is 1.67 bits per heavy atom. The molecule has 0 unspecified atom stereocenters. The number of carbonyl (C=O) groups excluding carboxylic acids is 2. The summed E-state index contributed by atoms with van der Waals surface area (Å²) >= 11 is 0. The van der Waals surface area contributed by atoms with Gasteiger partial charge in [0.2, 0.25) is 0 Å². The van der Waals surface area contributed by atoms with Crippen LogP contribution in [0.25, 0.3) is 0 Å². The average Bonchev–Trinajstić information content (AvgIpc) is 2.99. The number of carbonyl (C=O) groups is 2. The van der Waals surface area contributed by atoms with Crippen molar-refractivity contribution in [2.24, 2.45) is 0 Å². The molecule has 0 saturated carbocycles. The molecule has 9 heteroatoms. The molecule has 1 saturated heterocycles. The lowest BCUT2D eigenvalue weighted by Gasteiger charge is -2.23. The molecule has 0 radical (unpaired) electrons. The maximum Gasteiger partial charge on any atom is 0.322 e. The molecule has 1 heterocycles. The van der Waals surface area contributed by atoms with Gasteiger partial charge in [-0.1, -0.05) is 18.2 Å². The van der Waals surface area contributed by atoms with Crippen molar-refractivity contribution < 1.29 is 22.7 Å². The summed E-state index contributed by atoms with van der Waals surface area (Å²) in [6.45, 7) is 1.73. The van der Waals surface area contributed by atoms with Crippen LogP contribution in [0.3, 0.4) is 0 Å². The number of ether oxygens (including phenoxy) is 1. The zero-order valence-corrected chi connectivity index (χ0v) is 17.8. The lowest BCUT2D eigenvalue weighted by molar-refractivity contribution is 0.0762. The summed E-state index contributed by atoms with van der Waals surface area (Å²) in [6, 6.07) is 12.9. The Hall–Kier alpha value is -3.07. The van der Waals surface area contributed by atoms with Gasteiger partial charge in [0.25, 0.3) is 5.91 Å². The number of nitrogens with zero attached hydrogens (tertiary/aromatic N) is 2. The quantitative estimate of drug-likeness (QED) is 0.802. The van der Waals surface area contributed by atoms with Gasteiger partial charge in [0.05, 0.1) is 17.7 Å². The minimum absolute atomic E-state index is 0.112. The van der Waals surface area contributed by atoms with E-state index in [1.54, 1.807) is 41.2 Å². The molecule has 2 aromatic rings. The molecule has 2 aromatic carbocycles. The Labute approximate surface area is 176 Å². The van der Waals surface area contributed by atoms with Crippen molar-refractivity contribution in [3.8, 4) is 5.75 Å². The smallest absolute Gasteiger partial charge is 0.322 e. The third-order valence-electron chi connectivity index (χ3n) is 4.93. The fraction of sp³-hybridized carbons (Fsp3) is 0.333. The SMILES string of the molecule is COc1ccccc1NC(=O)N1CCCN(C(=O)c2cccc(S(C)(=O)=O)c2)CC1. The zero-order valence-electron chi connectivity index (χ0n) is 17.0. The number of para-hydroxylation sites is 2. The van der Waals surface area contributed by atoms with E-state index in [2.05, 4.69) is 5.32 Å². The second-order valence-electron chi connectivity index (χ2n) is 7.06. The number of urea groups is 1. The van der Waals surface area contributed by atoms with E-state index in [9.17, 15) is 18.0 Å². The van der Waals surface area contributed by atoms with Crippen LogP contribution in [0.2, 0.25) is 0 Å². The highest BCUT2D eigenvalue weighted by Gasteiger charge is 2.24. The molecule has 0 bridgehead atoms. The number of benzene rings is 2. The van der Waals surface area contributed by atoms with Gasteiger partial charge in [-0.25, -0.2) is 13.2 Å². The average molecular weight is 432 g/mol. The van der Waals surface area contributed by atoms with Crippen molar-refractivity contribution >= 4 is 27.5 Å². The third kappa shape index (κ3) is 5.10. The van der Waals surface area contributed by atoms with Crippen molar-refractivity contribution in [1.29, 1.82) is 0 Å².